The third-order valence-corrected chi connectivity index (χ3v) is 7.37. The molecule has 1 aliphatic carbocycles. The van der Waals surface area contributed by atoms with Gasteiger partial charge in [0.15, 0.2) is 0 Å². The van der Waals surface area contributed by atoms with Gasteiger partial charge in [-0.2, -0.15) is 4.72 Å². The van der Waals surface area contributed by atoms with Gasteiger partial charge in [0.1, 0.15) is 17.8 Å². The summed E-state index contributed by atoms with van der Waals surface area (Å²) in [4.78, 5) is 2.49. The molecule has 0 aromatic heterocycles. The van der Waals surface area contributed by atoms with E-state index >= 15 is 0 Å². The SMILES string of the molecule is CC(c1ccccc1)N1CCC(COc2cc(F)c(C(O)NS(C)(=O)=O)cc2C2CC2)CC1. The topological polar surface area (TPSA) is 78.9 Å². The highest BCUT2D eigenvalue weighted by Gasteiger charge is 2.31. The molecule has 8 heteroatoms. The zero-order valence-electron chi connectivity index (χ0n) is 19.2. The van der Waals surface area contributed by atoms with Gasteiger partial charge in [0.2, 0.25) is 10.0 Å². The normalized spacial score (nSPS) is 19.9. The number of halogens is 1. The molecule has 1 aliphatic heterocycles. The minimum absolute atomic E-state index is 0.0714. The first-order valence-corrected chi connectivity index (χ1v) is 13.5. The van der Waals surface area contributed by atoms with Crippen LogP contribution in [-0.2, 0) is 10.0 Å². The third-order valence-electron chi connectivity index (χ3n) is 6.72. The number of hydrogen-bond acceptors (Lipinski definition) is 5. The van der Waals surface area contributed by atoms with Crippen LogP contribution in [0.5, 0.6) is 5.75 Å². The number of nitrogens with zero attached hydrogens (tertiary/aromatic N) is 1. The molecule has 1 saturated carbocycles. The summed E-state index contributed by atoms with van der Waals surface area (Å²) in [6.45, 7) is 4.76. The highest BCUT2D eigenvalue weighted by atomic mass is 32.2. The molecule has 2 aromatic carbocycles. The molecule has 2 N–H and O–H groups in total. The third kappa shape index (κ3) is 6.32. The maximum absolute atomic E-state index is 14.7. The number of aliphatic hydroxyl groups excluding tert-OH is 1. The van der Waals surface area contributed by atoms with Crippen LogP contribution in [0.25, 0.3) is 0 Å². The fourth-order valence-corrected chi connectivity index (χ4v) is 5.09. The Balaban J connectivity index is 1.37. The largest absolute Gasteiger partial charge is 0.493 e. The molecule has 2 aliphatic rings. The lowest BCUT2D eigenvalue weighted by Gasteiger charge is -2.36. The molecule has 0 spiro atoms. The van der Waals surface area contributed by atoms with Crippen LogP contribution in [0.3, 0.4) is 0 Å². The molecular formula is C25H33FN2O4S. The Labute approximate surface area is 195 Å². The number of benzene rings is 2. The van der Waals surface area contributed by atoms with Gasteiger partial charge in [-0.25, -0.2) is 12.8 Å². The van der Waals surface area contributed by atoms with E-state index in [1.54, 1.807) is 6.07 Å². The molecule has 33 heavy (non-hydrogen) atoms. The summed E-state index contributed by atoms with van der Waals surface area (Å²) in [7, 11) is -3.67. The zero-order chi connectivity index (χ0) is 23.6. The average Bonchev–Trinajstić information content (AvgIpc) is 3.62. The van der Waals surface area contributed by atoms with Gasteiger partial charge >= 0.3 is 0 Å². The van der Waals surface area contributed by atoms with Crippen molar-refractivity contribution in [3.8, 4) is 5.75 Å². The molecule has 180 valence electrons. The van der Waals surface area contributed by atoms with Crippen LogP contribution in [0.1, 0.15) is 67.5 Å². The Kier molecular flexibility index (Phi) is 7.38. The summed E-state index contributed by atoms with van der Waals surface area (Å²) in [6, 6.07) is 13.7. The maximum Gasteiger partial charge on any atom is 0.211 e. The number of ether oxygens (including phenoxy) is 1. The van der Waals surface area contributed by atoms with Crippen molar-refractivity contribution in [2.75, 3.05) is 26.0 Å². The standard InChI is InChI=1S/C25H33FN2O4S/c1-17(19-6-4-3-5-7-19)28-12-10-18(11-13-28)16-32-24-15-23(26)22(14-21(24)20-8-9-20)25(29)27-33(2,30)31/h3-7,14-15,17-18,20,25,27,29H,8-13,16H2,1-2H3. The molecule has 2 fully saturated rings. The minimum atomic E-state index is -3.67. The van der Waals surface area contributed by atoms with E-state index in [0.29, 0.717) is 24.3 Å². The van der Waals surface area contributed by atoms with Gasteiger partial charge in [0, 0.05) is 17.7 Å². The Hall–Kier alpha value is -2.00. The Morgan fingerprint density at radius 2 is 1.82 bits per heavy atom. The number of sulfonamides is 1. The van der Waals surface area contributed by atoms with Gasteiger partial charge in [0.25, 0.3) is 0 Å². The van der Waals surface area contributed by atoms with E-state index in [0.717, 1.165) is 50.6 Å². The van der Waals surface area contributed by atoms with E-state index in [2.05, 4.69) is 36.1 Å². The number of aliphatic hydroxyl groups is 1. The predicted molar refractivity (Wildman–Crippen MR) is 126 cm³/mol. The van der Waals surface area contributed by atoms with Crippen molar-refractivity contribution in [3.63, 3.8) is 0 Å². The summed E-state index contributed by atoms with van der Waals surface area (Å²) in [5, 5.41) is 10.2. The number of hydrogen-bond donors (Lipinski definition) is 2. The summed E-state index contributed by atoms with van der Waals surface area (Å²) < 4.78 is 45.7. The molecule has 4 rings (SSSR count). The lowest BCUT2D eigenvalue weighted by atomic mass is 9.95. The zero-order valence-corrected chi connectivity index (χ0v) is 20.0. The van der Waals surface area contributed by atoms with Crippen LogP contribution in [0, 0.1) is 11.7 Å². The van der Waals surface area contributed by atoms with Gasteiger partial charge < -0.3 is 9.84 Å². The molecular weight excluding hydrogens is 443 g/mol. The number of nitrogens with one attached hydrogen (secondary N) is 1. The Morgan fingerprint density at radius 3 is 2.42 bits per heavy atom. The van der Waals surface area contributed by atoms with Crippen LogP contribution in [-0.4, -0.2) is 44.4 Å². The first-order valence-electron chi connectivity index (χ1n) is 11.6. The van der Waals surface area contributed by atoms with Crippen LogP contribution in [0.2, 0.25) is 0 Å². The average molecular weight is 477 g/mol. The number of likely N-dealkylation sites (tertiary alicyclic amines) is 1. The number of rotatable bonds is 9. The molecule has 2 unspecified atom stereocenters. The van der Waals surface area contributed by atoms with E-state index in [4.69, 9.17) is 4.74 Å². The van der Waals surface area contributed by atoms with Crippen LogP contribution >= 0.6 is 0 Å². The van der Waals surface area contributed by atoms with Crippen molar-refractivity contribution in [3.05, 3.63) is 65.0 Å². The van der Waals surface area contributed by atoms with Crippen molar-refractivity contribution >= 4 is 10.0 Å². The predicted octanol–water partition coefficient (Wildman–Crippen LogP) is 4.10. The van der Waals surface area contributed by atoms with Crippen molar-refractivity contribution in [2.24, 2.45) is 5.92 Å². The first kappa shape index (κ1) is 24.1. The van der Waals surface area contributed by atoms with E-state index < -0.39 is 22.1 Å². The summed E-state index contributed by atoms with van der Waals surface area (Å²) in [5.41, 5.74) is 2.10. The second kappa shape index (κ2) is 10.1. The van der Waals surface area contributed by atoms with E-state index in [1.807, 2.05) is 10.8 Å². The summed E-state index contributed by atoms with van der Waals surface area (Å²) in [5.74, 6) is 0.491. The monoisotopic (exact) mass is 476 g/mol. The lowest BCUT2D eigenvalue weighted by molar-refractivity contribution is 0.112. The molecule has 0 radical (unpaired) electrons. The molecule has 2 atom stereocenters. The van der Waals surface area contributed by atoms with Crippen molar-refractivity contribution < 1.29 is 22.7 Å². The van der Waals surface area contributed by atoms with Gasteiger partial charge in [-0.1, -0.05) is 30.3 Å². The van der Waals surface area contributed by atoms with Gasteiger partial charge in [-0.3, -0.25) is 4.90 Å². The lowest BCUT2D eigenvalue weighted by Crippen LogP contribution is -2.37. The number of piperidine rings is 1. The molecule has 6 nitrogen and oxygen atoms in total. The van der Waals surface area contributed by atoms with Crippen molar-refractivity contribution in [1.82, 2.24) is 9.62 Å². The molecule has 2 aromatic rings. The fourth-order valence-electron chi connectivity index (χ4n) is 4.56. The van der Waals surface area contributed by atoms with E-state index in [1.165, 1.54) is 11.6 Å². The Morgan fingerprint density at radius 1 is 1.15 bits per heavy atom. The minimum Gasteiger partial charge on any atom is -0.493 e. The fraction of sp³-hybridized carbons (Fsp3) is 0.520. The summed E-state index contributed by atoms with van der Waals surface area (Å²) in [6.07, 6.45) is 3.31. The maximum atomic E-state index is 14.7. The van der Waals surface area contributed by atoms with E-state index in [-0.39, 0.29) is 11.5 Å². The second-order valence-electron chi connectivity index (χ2n) is 9.36. The van der Waals surface area contributed by atoms with Crippen LogP contribution < -0.4 is 9.46 Å². The molecule has 1 heterocycles. The quantitative estimate of drug-likeness (QED) is 0.533. The van der Waals surface area contributed by atoms with Crippen LogP contribution in [0.15, 0.2) is 42.5 Å². The highest BCUT2D eigenvalue weighted by molar-refractivity contribution is 7.88. The molecule has 0 amide bonds. The van der Waals surface area contributed by atoms with Gasteiger partial charge in [-0.15, -0.1) is 0 Å². The Bertz CT molecular complexity index is 1050. The van der Waals surface area contributed by atoms with Gasteiger partial charge in [0.05, 0.1) is 12.9 Å². The first-order chi connectivity index (χ1) is 15.7. The molecule has 1 saturated heterocycles. The summed E-state index contributed by atoms with van der Waals surface area (Å²) >= 11 is 0. The van der Waals surface area contributed by atoms with E-state index in [9.17, 15) is 17.9 Å². The highest BCUT2D eigenvalue weighted by Crippen LogP contribution is 2.45. The molecule has 0 bridgehead atoms. The second-order valence-corrected chi connectivity index (χ2v) is 11.1. The van der Waals surface area contributed by atoms with Gasteiger partial charge in [-0.05, 0) is 74.7 Å². The van der Waals surface area contributed by atoms with Crippen molar-refractivity contribution in [2.45, 2.75) is 50.8 Å². The van der Waals surface area contributed by atoms with Crippen molar-refractivity contribution in [1.29, 1.82) is 0 Å². The van der Waals surface area contributed by atoms with Crippen LogP contribution in [0.4, 0.5) is 4.39 Å². The smallest absolute Gasteiger partial charge is 0.211 e.